The Labute approximate surface area is 184 Å². The van der Waals surface area contributed by atoms with Gasteiger partial charge in [0, 0.05) is 19.3 Å². The first kappa shape index (κ1) is 22.6. The zero-order valence-corrected chi connectivity index (χ0v) is 18.4. The summed E-state index contributed by atoms with van der Waals surface area (Å²) in [5.74, 6) is -1.30. The first-order chi connectivity index (χ1) is 14.9. The number of carbonyl (C=O) groups is 2. The number of halogens is 1. The monoisotopic (exact) mass is 441 g/mol. The van der Waals surface area contributed by atoms with Crippen LogP contribution in [0.5, 0.6) is 0 Å². The number of hydrogen-bond donors (Lipinski definition) is 1. The van der Waals surface area contributed by atoms with Crippen LogP contribution >= 0.6 is 11.3 Å². The van der Waals surface area contributed by atoms with Crippen molar-refractivity contribution in [2.45, 2.75) is 19.9 Å². The van der Waals surface area contributed by atoms with E-state index >= 15 is 0 Å². The van der Waals surface area contributed by atoms with Gasteiger partial charge in [0.15, 0.2) is 0 Å². The van der Waals surface area contributed by atoms with E-state index in [0.29, 0.717) is 22.7 Å². The van der Waals surface area contributed by atoms with Crippen LogP contribution in [0.1, 0.15) is 32.0 Å². The number of amides is 2. The molecule has 0 spiro atoms. The van der Waals surface area contributed by atoms with Crippen LogP contribution in [-0.4, -0.2) is 37.1 Å². The maximum absolute atomic E-state index is 14.1. The molecule has 1 N–H and O–H groups in total. The van der Waals surface area contributed by atoms with Crippen LogP contribution in [0.3, 0.4) is 0 Å². The van der Waals surface area contributed by atoms with Gasteiger partial charge in [-0.05, 0) is 37.6 Å². The van der Waals surface area contributed by atoms with Crippen molar-refractivity contribution >= 4 is 28.8 Å². The molecule has 3 aromatic rings. The number of methoxy groups -OCH3 is 1. The molecule has 0 aliphatic rings. The van der Waals surface area contributed by atoms with Crippen molar-refractivity contribution in [2.24, 2.45) is 0 Å². The second-order valence-electron chi connectivity index (χ2n) is 6.90. The molecular formula is C23H24FN3O3S. The minimum Gasteiger partial charge on any atom is -0.383 e. The highest BCUT2D eigenvalue weighted by molar-refractivity contribution is 7.13. The first-order valence-electron chi connectivity index (χ1n) is 9.77. The fraction of sp³-hybridized carbons (Fsp3) is 0.261. The Morgan fingerprint density at radius 1 is 1.16 bits per heavy atom. The summed E-state index contributed by atoms with van der Waals surface area (Å²) in [5, 5.41) is 3.55. The predicted molar refractivity (Wildman–Crippen MR) is 119 cm³/mol. The molecule has 162 valence electrons. The van der Waals surface area contributed by atoms with Gasteiger partial charge in [-0.2, -0.15) is 0 Å². The van der Waals surface area contributed by atoms with Crippen LogP contribution in [0.25, 0.3) is 0 Å². The Morgan fingerprint density at radius 3 is 2.52 bits per heavy atom. The molecule has 0 bridgehead atoms. The van der Waals surface area contributed by atoms with Crippen LogP contribution in [0.15, 0.2) is 54.6 Å². The lowest BCUT2D eigenvalue weighted by atomic mass is 10.0. The lowest BCUT2D eigenvalue weighted by Crippen LogP contribution is -2.44. The van der Waals surface area contributed by atoms with E-state index in [1.807, 2.05) is 13.0 Å². The Hall–Kier alpha value is -3.10. The number of rotatable bonds is 8. The number of nitrogens with one attached hydrogen (secondary N) is 1. The highest BCUT2D eigenvalue weighted by Gasteiger charge is 2.35. The lowest BCUT2D eigenvalue weighted by Gasteiger charge is -2.31. The minimum absolute atomic E-state index is 0.280. The summed E-state index contributed by atoms with van der Waals surface area (Å²) in [6.45, 7) is 4.17. The second-order valence-corrected chi connectivity index (χ2v) is 8.10. The summed E-state index contributed by atoms with van der Waals surface area (Å²) in [6.07, 6.45) is 0. The summed E-state index contributed by atoms with van der Waals surface area (Å²) < 4.78 is 19.1. The van der Waals surface area contributed by atoms with E-state index in [0.717, 1.165) is 5.01 Å². The molecule has 1 heterocycles. The summed E-state index contributed by atoms with van der Waals surface area (Å²) in [7, 11) is 1.54. The van der Waals surface area contributed by atoms with Gasteiger partial charge in [-0.15, -0.1) is 11.3 Å². The summed E-state index contributed by atoms with van der Waals surface area (Å²) in [6, 6.07) is 13.6. The Kier molecular flexibility index (Phi) is 7.49. The molecule has 2 amide bonds. The van der Waals surface area contributed by atoms with E-state index in [4.69, 9.17) is 4.74 Å². The van der Waals surface area contributed by atoms with Crippen molar-refractivity contribution in [2.75, 3.05) is 25.2 Å². The molecule has 31 heavy (non-hydrogen) atoms. The van der Waals surface area contributed by atoms with Gasteiger partial charge in [-0.1, -0.05) is 36.4 Å². The normalized spacial score (nSPS) is 11.7. The fourth-order valence-electron chi connectivity index (χ4n) is 3.27. The van der Waals surface area contributed by atoms with Gasteiger partial charge in [0.05, 0.1) is 17.3 Å². The van der Waals surface area contributed by atoms with E-state index in [9.17, 15) is 14.0 Å². The van der Waals surface area contributed by atoms with E-state index in [1.54, 1.807) is 37.3 Å². The van der Waals surface area contributed by atoms with Crippen LogP contribution in [0.2, 0.25) is 0 Å². The Bertz CT molecular complexity index is 1060. The van der Waals surface area contributed by atoms with E-state index < -0.39 is 17.8 Å². The van der Waals surface area contributed by atoms with Gasteiger partial charge in [0.2, 0.25) is 5.91 Å². The molecule has 3 rings (SSSR count). The van der Waals surface area contributed by atoms with Crippen LogP contribution in [0.4, 0.5) is 10.1 Å². The number of benzene rings is 2. The fourth-order valence-corrected chi connectivity index (χ4v) is 4.13. The molecule has 0 aliphatic heterocycles. The molecule has 0 fully saturated rings. The number of carbonyl (C=O) groups excluding carboxylic acids is 2. The average Bonchev–Trinajstić information content (AvgIpc) is 3.10. The third-order valence-corrected chi connectivity index (χ3v) is 5.69. The quantitative estimate of drug-likeness (QED) is 0.536. The number of thiazole rings is 1. The molecular weight excluding hydrogens is 417 g/mol. The minimum atomic E-state index is -1.01. The number of nitrogens with zero attached hydrogens (tertiary/aromatic N) is 2. The van der Waals surface area contributed by atoms with Gasteiger partial charge in [-0.25, -0.2) is 9.37 Å². The van der Waals surface area contributed by atoms with Crippen LogP contribution < -0.4 is 10.2 Å². The third-order valence-electron chi connectivity index (χ3n) is 4.63. The standard InChI is InChI=1S/C23H24FN3O3S/c1-15-21(31-16(2)26-15)23(29)27(19-11-7-10-18(24)14-19)20(17-8-5-4-6-9-17)22(28)25-12-13-30-3/h4-11,14,20H,12-13H2,1-3H3,(H,25,28). The lowest BCUT2D eigenvalue weighted by molar-refractivity contribution is -0.122. The summed E-state index contributed by atoms with van der Waals surface area (Å²) in [5.41, 5.74) is 1.46. The van der Waals surface area contributed by atoms with Crippen molar-refractivity contribution in [3.05, 3.63) is 81.6 Å². The molecule has 1 atom stereocenters. The molecule has 0 aliphatic carbocycles. The molecule has 0 saturated carbocycles. The number of anilines is 1. The van der Waals surface area contributed by atoms with Gasteiger partial charge >= 0.3 is 0 Å². The van der Waals surface area contributed by atoms with Gasteiger partial charge in [-0.3, -0.25) is 14.5 Å². The van der Waals surface area contributed by atoms with E-state index in [2.05, 4.69) is 10.3 Å². The third kappa shape index (κ3) is 5.34. The second kappa shape index (κ2) is 10.3. The molecule has 0 radical (unpaired) electrons. The summed E-state index contributed by atoms with van der Waals surface area (Å²) in [4.78, 5) is 33.1. The topological polar surface area (TPSA) is 71.5 Å². The predicted octanol–water partition coefficient (Wildman–Crippen LogP) is 4.05. The zero-order chi connectivity index (χ0) is 22.4. The van der Waals surface area contributed by atoms with Gasteiger partial charge in [0.25, 0.3) is 5.91 Å². The van der Waals surface area contributed by atoms with Gasteiger partial charge < -0.3 is 10.1 Å². The van der Waals surface area contributed by atoms with Crippen molar-refractivity contribution in [3.8, 4) is 0 Å². The smallest absolute Gasteiger partial charge is 0.271 e. The molecule has 1 aromatic heterocycles. The molecule has 8 heteroatoms. The average molecular weight is 442 g/mol. The number of hydrogen-bond acceptors (Lipinski definition) is 5. The first-order valence-corrected chi connectivity index (χ1v) is 10.6. The number of aromatic nitrogens is 1. The SMILES string of the molecule is COCCNC(=O)C(c1ccccc1)N(C(=O)c1sc(C)nc1C)c1cccc(F)c1. The highest BCUT2D eigenvalue weighted by Crippen LogP contribution is 2.32. The van der Waals surface area contributed by atoms with Crippen LogP contribution in [0, 0.1) is 19.7 Å². The number of aryl methyl sites for hydroxylation is 2. The number of ether oxygens (including phenoxy) is 1. The summed E-state index contributed by atoms with van der Waals surface area (Å²) >= 11 is 1.25. The van der Waals surface area contributed by atoms with E-state index in [1.165, 1.54) is 41.5 Å². The molecule has 6 nitrogen and oxygen atoms in total. The molecule has 0 saturated heterocycles. The maximum Gasteiger partial charge on any atom is 0.271 e. The van der Waals surface area contributed by atoms with Crippen molar-refractivity contribution in [3.63, 3.8) is 0 Å². The Morgan fingerprint density at radius 2 is 1.90 bits per heavy atom. The van der Waals surface area contributed by atoms with Crippen molar-refractivity contribution in [1.29, 1.82) is 0 Å². The van der Waals surface area contributed by atoms with Crippen molar-refractivity contribution < 1.29 is 18.7 Å². The maximum atomic E-state index is 14.1. The molecule has 1 unspecified atom stereocenters. The zero-order valence-electron chi connectivity index (χ0n) is 17.6. The van der Waals surface area contributed by atoms with Crippen LogP contribution in [-0.2, 0) is 9.53 Å². The van der Waals surface area contributed by atoms with Gasteiger partial charge in [0.1, 0.15) is 16.7 Å². The Balaban J connectivity index is 2.14. The highest BCUT2D eigenvalue weighted by atomic mass is 32.1. The van der Waals surface area contributed by atoms with Crippen molar-refractivity contribution in [1.82, 2.24) is 10.3 Å². The molecule has 2 aromatic carbocycles. The van der Waals surface area contributed by atoms with E-state index in [-0.39, 0.29) is 18.1 Å². The largest absolute Gasteiger partial charge is 0.383 e.